The predicted octanol–water partition coefficient (Wildman–Crippen LogP) is 1.11. The van der Waals surface area contributed by atoms with Crippen molar-refractivity contribution in [2.45, 2.75) is 32.8 Å². The summed E-state index contributed by atoms with van der Waals surface area (Å²) < 4.78 is 1.82. The van der Waals surface area contributed by atoms with Gasteiger partial charge in [0.05, 0.1) is 5.71 Å². The Kier molecular flexibility index (Phi) is 4.05. The van der Waals surface area contributed by atoms with Crippen molar-refractivity contribution >= 4 is 17.3 Å². The Morgan fingerprint density at radius 3 is 2.83 bits per heavy atom. The van der Waals surface area contributed by atoms with E-state index in [-0.39, 0.29) is 6.10 Å². The molecule has 4 rings (SSSR count). The van der Waals surface area contributed by atoms with Crippen molar-refractivity contribution in [2.24, 2.45) is 5.16 Å². The Morgan fingerprint density at radius 1 is 1.25 bits per heavy atom. The molecule has 2 aromatic heterocycles. The van der Waals surface area contributed by atoms with E-state index in [2.05, 4.69) is 43.0 Å². The van der Waals surface area contributed by atoms with Gasteiger partial charge in [0.15, 0.2) is 0 Å². The van der Waals surface area contributed by atoms with Crippen LogP contribution in [0.15, 0.2) is 17.5 Å². The topological polar surface area (TPSA) is 71.2 Å². The first kappa shape index (κ1) is 15.3. The number of fused-ring (bicyclic) bond motifs is 1. The Morgan fingerprint density at radius 2 is 2.08 bits per heavy atom. The summed E-state index contributed by atoms with van der Waals surface area (Å²) in [6.07, 6.45) is 3.74. The first-order valence-corrected chi connectivity index (χ1v) is 8.59. The first-order chi connectivity index (χ1) is 11.7. The van der Waals surface area contributed by atoms with Gasteiger partial charge < -0.3 is 9.74 Å². The molecule has 8 heteroatoms. The summed E-state index contributed by atoms with van der Waals surface area (Å²) in [5, 5.41) is 8.46. The Labute approximate surface area is 141 Å². The minimum absolute atomic E-state index is 0.219. The highest BCUT2D eigenvalue weighted by Crippen LogP contribution is 2.19. The van der Waals surface area contributed by atoms with Crippen LogP contribution in [0, 0.1) is 6.92 Å². The number of aryl methyl sites for hydroxylation is 1. The lowest BCUT2D eigenvalue weighted by Crippen LogP contribution is -2.49. The molecule has 1 fully saturated rings. The second-order valence-corrected chi connectivity index (χ2v) is 6.46. The number of piperazine rings is 1. The maximum atomic E-state index is 5.54. The molecule has 128 valence electrons. The van der Waals surface area contributed by atoms with E-state index in [1.165, 1.54) is 5.71 Å². The molecule has 0 radical (unpaired) electrons. The van der Waals surface area contributed by atoms with Crippen molar-refractivity contribution in [1.82, 2.24) is 24.5 Å². The van der Waals surface area contributed by atoms with Crippen LogP contribution in [0.4, 0.5) is 5.82 Å². The quantitative estimate of drug-likeness (QED) is 0.837. The standard InChI is InChI=1S/C16H23N7O/c1-3-13-9-14(24-20-13)10-21-4-6-22(7-5-21)15-8-12(2)19-16-17-11-18-23(15)16/h8,11,14H,3-7,9-10H2,1-2H3/t14-/m0/s1. The maximum Gasteiger partial charge on any atom is 0.254 e. The molecule has 8 nitrogen and oxygen atoms in total. The van der Waals surface area contributed by atoms with Gasteiger partial charge in [-0.3, -0.25) is 4.90 Å². The average molecular weight is 329 g/mol. The fourth-order valence-corrected chi connectivity index (χ4v) is 3.38. The van der Waals surface area contributed by atoms with Crippen LogP contribution in [-0.4, -0.2) is 69.0 Å². The van der Waals surface area contributed by atoms with Gasteiger partial charge >= 0.3 is 0 Å². The summed E-state index contributed by atoms with van der Waals surface area (Å²) in [5.74, 6) is 1.74. The van der Waals surface area contributed by atoms with Crippen molar-refractivity contribution < 1.29 is 4.84 Å². The fourth-order valence-electron chi connectivity index (χ4n) is 3.38. The molecule has 1 atom stereocenters. The van der Waals surface area contributed by atoms with Crippen LogP contribution >= 0.6 is 0 Å². The molecular weight excluding hydrogens is 306 g/mol. The van der Waals surface area contributed by atoms with Crippen LogP contribution in [0.2, 0.25) is 0 Å². The van der Waals surface area contributed by atoms with E-state index in [1.54, 1.807) is 6.33 Å². The molecule has 0 spiro atoms. The zero-order valence-corrected chi connectivity index (χ0v) is 14.2. The van der Waals surface area contributed by atoms with Crippen LogP contribution in [-0.2, 0) is 4.84 Å². The van der Waals surface area contributed by atoms with Crippen LogP contribution in [0.5, 0.6) is 0 Å². The van der Waals surface area contributed by atoms with Crippen LogP contribution in [0.1, 0.15) is 25.5 Å². The molecule has 0 aromatic carbocycles. The summed E-state index contributed by atoms with van der Waals surface area (Å²) in [4.78, 5) is 19.0. The fraction of sp³-hybridized carbons (Fsp3) is 0.625. The lowest BCUT2D eigenvalue weighted by atomic mass is 10.1. The lowest BCUT2D eigenvalue weighted by Gasteiger charge is -2.36. The van der Waals surface area contributed by atoms with Gasteiger partial charge in [-0.15, -0.1) is 0 Å². The minimum atomic E-state index is 0.219. The molecule has 0 aliphatic carbocycles. The van der Waals surface area contributed by atoms with E-state index in [0.29, 0.717) is 5.78 Å². The average Bonchev–Trinajstić information content (AvgIpc) is 3.23. The zero-order valence-electron chi connectivity index (χ0n) is 14.2. The molecule has 1 saturated heterocycles. The van der Waals surface area contributed by atoms with Crippen molar-refractivity contribution in [3.8, 4) is 0 Å². The maximum absolute atomic E-state index is 5.54. The lowest BCUT2D eigenvalue weighted by molar-refractivity contribution is 0.0509. The summed E-state index contributed by atoms with van der Waals surface area (Å²) in [6, 6.07) is 2.08. The smallest absolute Gasteiger partial charge is 0.254 e. The van der Waals surface area contributed by atoms with Crippen LogP contribution < -0.4 is 4.90 Å². The monoisotopic (exact) mass is 329 g/mol. The van der Waals surface area contributed by atoms with Gasteiger partial charge in [-0.05, 0) is 13.3 Å². The van der Waals surface area contributed by atoms with E-state index in [4.69, 9.17) is 4.84 Å². The molecule has 0 amide bonds. The molecule has 4 heterocycles. The molecule has 2 aliphatic heterocycles. The van der Waals surface area contributed by atoms with Gasteiger partial charge in [0, 0.05) is 50.9 Å². The molecule has 0 unspecified atom stereocenters. The third-order valence-electron chi connectivity index (χ3n) is 4.72. The third kappa shape index (κ3) is 2.93. The molecule has 0 N–H and O–H groups in total. The summed E-state index contributed by atoms with van der Waals surface area (Å²) in [7, 11) is 0. The molecular formula is C16H23N7O. The number of anilines is 1. The van der Waals surface area contributed by atoms with E-state index >= 15 is 0 Å². The van der Waals surface area contributed by atoms with Crippen molar-refractivity contribution in [3.63, 3.8) is 0 Å². The largest absolute Gasteiger partial charge is 0.391 e. The van der Waals surface area contributed by atoms with Crippen molar-refractivity contribution in [3.05, 3.63) is 18.1 Å². The summed E-state index contributed by atoms with van der Waals surface area (Å²) >= 11 is 0. The number of hydrogen-bond acceptors (Lipinski definition) is 7. The van der Waals surface area contributed by atoms with Gasteiger partial charge in [0.25, 0.3) is 5.78 Å². The van der Waals surface area contributed by atoms with E-state index in [0.717, 1.165) is 57.1 Å². The molecule has 2 aromatic rings. The molecule has 2 aliphatic rings. The van der Waals surface area contributed by atoms with Gasteiger partial charge in [-0.1, -0.05) is 12.1 Å². The summed E-state index contributed by atoms with van der Waals surface area (Å²) in [6.45, 7) is 9.04. The highest BCUT2D eigenvalue weighted by atomic mass is 16.6. The minimum Gasteiger partial charge on any atom is -0.391 e. The SMILES string of the molecule is CCC1=NO[C@H](CN2CCN(c3cc(C)nc4ncnn34)CC2)C1. The van der Waals surface area contributed by atoms with Crippen molar-refractivity contribution in [1.29, 1.82) is 0 Å². The van der Waals surface area contributed by atoms with Crippen molar-refractivity contribution in [2.75, 3.05) is 37.6 Å². The molecule has 24 heavy (non-hydrogen) atoms. The zero-order chi connectivity index (χ0) is 16.5. The number of rotatable bonds is 4. The highest BCUT2D eigenvalue weighted by molar-refractivity contribution is 5.85. The Hall–Kier alpha value is -2.22. The number of nitrogens with zero attached hydrogens (tertiary/aromatic N) is 7. The Balaban J connectivity index is 1.38. The predicted molar refractivity (Wildman–Crippen MR) is 91.4 cm³/mol. The number of hydrogen-bond donors (Lipinski definition) is 0. The van der Waals surface area contributed by atoms with Gasteiger partial charge in [0.1, 0.15) is 18.2 Å². The first-order valence-electron chi connectivity index (χ1n) is 8.59. The van der Waals surface area contributed by atoms with Crippen LogP contribution in [0.3, 0.4) is 0 Å². The number of aromatic nitrogens is 4. The van der Waals surface area contributed by atoms with E-state index in [1.807, 2.05) is 11.4 Å². The molecule has 0 saturated carbocycles. The van der Waals surface area contributed by atoms with Gasteiger partial charge in [-0.2, -0.15) is 14.6 Å². The van der Waals surface area contributed by atoms with Gasteiger partial charge in [-0.25, -0.2) is 4.98 Å². The number of oxime groups is 1. The summed E-state index contributed by atoms with van der Waals surface area (Å²) in [5.41, 5.74) is 2.15. The van der Waals surface area contributed by atoms with E-state index in [9.17, 15) is 0 Å². The molecule has 0 bridgehead atoms. The van der Waals surface area contributed by atoms with Gasteiger partial charge in [0.2, 0.25) is 0 Å². The van der Waals surface area contributed by atoms with E-state index < -0.39 is 0 Å². The highest BCUT2D eigenvalue weighted by Gasteiger charge is 2.26. The van der Waals surface area contributed by atoms with Crippen LogP contribution in [0.25, 0.3) is 5.78 Å². The second-order valence-electron chi connectivity index (χ2n) is 6.46. The normalized spacial score (nSPS) is 22.0. The second kappa shape index (κ2) is 6.35. The third-order valence-corrected chi connectivity index (χ3v) is 4.72. The Bertz CT molecular complexity index is 748.